The van der Waals surface area contributed by atoms with E-state index in [2.05, 4.69) is 5.32 Å². The van der Waals surface area contributed by atoms with E-state index in [-0.39, 0.29) is 61.4 Å². The number of hydrogen-bond donors (Lipinski definition) is 1. The predicted octanol–water partition coefficient (Wildman–Crippen LogP) is 3.53. The quantitative estimate of drug-likeness (QED) is 0.542. The maximum atomic E-state index is 13.3. The summed E-state index contributed by atoms with van der Waals surface area (Å²) in [7, 11) is 0. The highest BCUT2D eigenvalue weighted by atomic mass is 19.1. The molecule has 1 N–H and O–H groups in total. The lowest BCUT2D eigenvalue weighted by Crippen LogP contribution is -2.49. The van der Waals surface area contributed by atoms with Crippen molar-refractivity contribution in [2.45, 2.75) is 58.7 Å². The molecule has 3 rings (SSSR count). The lowest BCUT2D eigenvalue weighted by atomic mass is 10.1. The molecule has 180 valence electrons. The lowest BCUT2D eigenvalue weighted by molar-refractivity contribution is -0.141. The summed E-state index contributed by atoms with van der Waals surface area (Å²) in [6.07, 6.45) is 1.07. The highest BCUT2D eigenvalue weighted by Crippen LogP contribution is 2.23. The lowest BCUT2D eigenvalue weighted by Gasteiger charge is -2.30. The van der Waals surface area contributed by atoms with E-state index < -0.39 is 6.04 Å². The Kier molecular flexibility index (Phi) is 8.15. The third-order valence-corrected chi connectivity index (χ3v) is 6.09. The number of halogens is 1. The van der Waals surface area contributed by atoms with Crippen LogP contribution in [0.4, 0.5) is 4.39 Å². The molecule has 0 saturated heterocycles. The van der Waals surface area contributed by atoms with Crippen LogP contribution < -0.4 is 5.32 Å². The van der Waals surface area contributed by atoms with Crippen molar-refractivity contribution in [3.8, 4) is 0 Å². The van der Waals surface area contributed by atoms with Crippen LogP contribution in [0.1, 0.15) is 66.3 Å². The van der Waals surface area contributed by atoms with Crippen LogP contribution in [0.2, 0.25) is 0 Å². The van der Waals surface area contributed by atoms with Crippen LogP contribution in [-0.2, 0) is 16.1 Å². The second kappa shape index (κ2) is 11.0. The van der Waals surface area contributed by atoms with Crippen LogP contribution >= 0.6 is 0 Å². The normalized spacial score (nSPS) is 14.5. The van der Waals surface area contributed by atoms with Gasteiger partial charge in [-0.1, -0.05) is 31.2 Å². The topological polar surface area (TPSA) is 86.8 Å². The fourth-order valence-electron chi connectivity index (χ4n) is 3.81. The molecule has 8 heteroatoms. The van der Waals surface area contributed by atoms with Crippen molar-refractivity contribution in [1.82, 2.24) is 15.1 Å². The highest BCUT2D eigenvalue weighted by Gasteiger charge is 2.35. The molecule has 2 atom stereocenters. The van der Waals surface area contributed by atoms with Crippen molar-refractivity contribution in [2.75, 3.05) is 6.54 Å². The first-order chi connectivity index (χ1) is 16.2. The van der Waals surface area contributed by atoms with Crippen molar-refractivity contribution in [3.05, 3.63) is 71.0 Å². The number of carbonyl (C=O) groups excluding carboxylic acids is 4. The summed E-state index contributed by atoms with van der Waals surface area (Å²) in [6.45, 7) is 5.75. The first kappa shape index (κ1) is 25.1. The second-order valence-electron chi connectivity index (χ2n) is 8.55. The molecule has 1 aliphatic rings. The third kappa shape index (κ3) is 5.68. The van der Waals surface area contributed by atoms with Crippen LogP contribution in [0, 0.1) is 5.82 Å². The Balaban J connectivity index is 1.67. The van der Waals surface area contributed by atoms with Gasteiger partial charge < -0.3 is 10.2 Å². The molecule has 0 aliphatic carbocycles. The number of fused-ring (bicyclic) bond motifs is 1. The van der Waals surface area contributed by atoms with Gasteiger partial charge in [0.05, 0.1) is 11.1 Å². The summed E-state index contributed by atoms with van der Waals surface area (Å²) in [5, 5.41) is 2.89. The average molecular weight is 468 g/mol. The summed E-state index contributed by atoms with van der Waals surface area (Å²) in [6, 6.07) is 11.6. The summed E-state index contributed by atoms with van der Waals surface area (Å²) in [5.74, 6) is -1.67. The summed E-state index contributed by atoms with van der Waals surface area (Å²) >= 11 is 0. The van der Waals surface area contributed by atoms with Crippen molar-refractivity contribution < 1.29 is 23.6 Å². The number of amides is 4. The molecule has 4 amide bonds. The van der Waals surface area contributed by atoms with E-state index in [0.29, 0.717) is 16.7 Å². The van der Waals surface area contributed by atoms with E-state index in [4.69, 9.17) is 0 Å². The number of nitrogens with zero attached hydrogens (tertiary/aromatic N) is 2. The fraction of sp³-hybridized carbons (Fsp3) is 0.385. The Hall–Kier alpha value is -3.55. The summed E-state index contributed by atoms with van der Waals surface area (Å²) in [5.41, 5.74) is 1.43. The Morgan fingerprint density at radius 2 is 1.59 bits per heavy atom. The molecule has 2 aromatic rings. The molecule has 2 aromatic carbocycles. The van der Waals surface area contributed by atoms with Gasteiger partial charge in [-0.2, -0.15) is 0 Å². The van der Waals surface area contributed by atoms with Gasteiger partial charge in [-0.05, 0) is 56.5 Å². The van der Waals surface area contributed by atoms with Crippen molar-refractivity contribution in [1.29, 1.82) is 0 Å². The Morgan fingerprint density at radius 3 is 2.15 bits per heavy atom. The van der Waals surface area contributed by atoms with Gasteiger partial charge in [0.1, 0.15) is 11.9 Å². The third-order valence-electron chi connectivity index (χ3n) is 6.09. The Bertz CT molecular complexity index is 1030. The predicted molar refractivity (Wildman–Crippen MR) is 125 cm³/mol. The van der Waals surface area contributed by atoms with Gasteiger partial charge in [0.15, 0.2) is 0 Å². The number of carbonyl (C=O) groups is 4. The maximum absolute atomic E-state index is 13.3. The van der Waals surface area contributed by atoms with E-state index in [0.717, 1.165) is 11.3 Å². The zero-order valence-corrected chi connectivity index (χ0v) is 19.7. The number of hydrogen-bond acceptors (Lipinski definition) is 4. The van der Waals surface area contributed by atoms with Gasteiger partial charge in [-0.25, -0.2) is 4.39 Å². The van der Waals surface area contributed by atoms with E-state index in [1.807, 2.05) is 13.8 Å². The van der Waals surface area contributed by atoms with Crippen LogP contribution in [0.3, 0.4) is 0 Å². The number of rotatable bonds is 10. The molecule has 0 spiro atoms. The first-order valence-corrected chi connectivity index (χ1v) is 11.5. The van der Waals surface area contributed by atoms with Gasteiger partial charge in [0.25, 0.3) is 11.8 Å². The zero-order valence-electron chi connectivity index (χ0n) is 19.7. The number of benzene rings is 2. The van der Waals surface area contributed by atoms with E-state index in [1.165, 1.54) is 17.0 Å². The minimum Gasteiger partial charge on any atom is -0.352 e. The molecular weight excluding hydrogens is 437 g/mol. The van der Waals surface area contributed by atoms with Gasteiger partial charge in [-0.15, -0.1) is 0 Å². The summed E-state index contributed by atoms with van der Waals surface area (Å²) < 4.78 is 13.3. The van der Waals surface area contributed by atoms with Crippen molar-refractivity contribution in [2.24, 2.45) is 0 Å². The standard InChI is InChI=1S/C26H30FN3O4/c1-4-17(2)28-24(32)18(3)30(16-19-11-13-20(27)14-12-19)23(31)10-7-15-29-25(33)21-8-5-6-9-22(21)26(29)34/h5-6,8-9,11-14,17-18H,4,7,10,15-16H2,1-3H3,(H,28,32)/t17-,18-/m1/s1. The van der Waals surface area contributed by atoms with Gasteiger partial charge in [0, 0.05) is 25.6 Å². The van der Waals surface area contributed by atoms with Gasteiger partial charge in [0.2, 0.25) is 11.8 Å². The van der Waals surface area contributed by atoms with Crippen molar-refractivity contribution >= 4 is 23.6 Å². The Morgan fingerprint density at radius 1 is 1.00 bits per heavy atom. The van der Waals surface area contributed by atoms with Crippen molar-refractivity contribution in [3.63, 3.8) is 0 Å². The summed E-state index contributed by atoms with van der Waals surface area (Å²) in [4.78, 5) is 53.6. The molecule has 0 radical (unpaired) electrons. The molecule has 0 bridgehead atoms. The Labute approximate surface area is 198 Å². The fourth-order valence-corrected chi connectivity index (χ4v) is 3.81. The molecule has 0 fully saturated rings. The van der Waals surface area contributed by atoms with Crippen LogP contribution in [0.25, 0.3) is 0 Å². The largest absolute Gasteiger partial charge is 0.352 e. The van der Waals surface area contributed by atoms with E-state index in [9.17, 15) is 23.6 Å². The number of imide groups is 1. The minimum absolute atomic E-state index is 0.0356. The maximum Gasteiger partial charge on any atom is 0.261 e. The van der Waals surface area contributed by atoms with Gasteiger partial charge in [-0.3, -0.25) is 24.1 Å². The smallest absolute Gasteiger partial charge is 0.261 e. The second-order valence-corrected chi connectivity index (χ2v) is 8.55. The number of nitrogens with one attached hydrogen (secondary N) is 1. The van der Waals surface area contributed by atoms with E-state index >= 15 is 0 Å². The monoisotopic (exact) mass is 467 g/mol. The van der Waals surface area contributed by atoms with Crippen LogP contribution in [0.5, 0.6) is 0 Å². The molecule has 0 saturated carbocycles. The SMILES string of the molecule is CC[C@@H](C)NC(=O)[C@@H](C)N(Cc1ccc(F)cc1)C(=O)CCCN1C(=O)c2ccccc2C1=O. The molecular formula is C26H30FN3O4. The zero-order chi connectivity index (χ0) is 24.8. The molecule has 7 nitrogen and oxygen atoms in total. The molecule has 0 aromatic heterocycles. The molecule has 1 heterocycles. The minimum atomic E-state index is -0.745. The van der Waals surface area contributed by atoms with E-state index in [1.54, 1.807) is 43.3 Å². The molecule has 34 heavy (non-hydrogen) atoms. The van der Waals surface area contributed by atoms with Crippen LogP contribution in [0.15, 0.2) is 48.5 Å². The first-order valence-electron chi connectivity index (χ1n) is 11.5. The van der Waals surface area contributed by atoms with Crippen LogP contribution in [-0.4, -0.2) is 52.1 Å². The van der Waals surface area contributed by atoms with Gasteiger partial charge >= 0.3 is 0 Å². The highest BCUT2D eigenvalue weighted by molar-refractivity contribution is 6.21. The molecule has 1 aliphatic heterocycles. The average Bonchev–Trinajstić information content (AvgIpc) is 3.08. The molecule has 0 unspecified atom stereocenters.